The van der Waals surface area contributed by atoms with E-state index < -0.39 is 10.2 Å². The third-order valence-corrected chi connectivity index (χ3v) is 7.67. The van der Waals surface area contributed by atoms with Crippen LogP contribution in [0.2, 0.25) is 0 Å². The average molecular weight is 490 g/mol. The highest BCUT2D eigenvalue weighted by Gasteiger charge is 2.34. The van der Waals surface area contributed by atoms with Crippen LogP contribution in [-0.4, -0.2) is 62.3 Å². The van der Waals surface area contributed by atoms with Crippen LogP contribution >= 0.6 is 0 Å². The van der Waals surface area contributed by atoms with Crippen LogP contribution in [0.15, 0.2) is 42.5 Å². The fourth-order valence-corrected chi connectivity index (χ4v) is 5.56. The van der Waals surface area contributed by atoms with Gasteiger partial charge in [-0.3, -0.25) is 4.79 Å². The number of benzene rings is 2. The van der Waals surface area contributed by atoms with E-state index in [1.54, 1.807) is 0 Å². The van der Waals surface area contributed by atoms with Crippen LogP contribution in [0.4, 0.5) is 0 Å². The minimum absolute atomic E-state index is 0.180. The van der Waals surface area contributed by atoms with Gasteiger partial charge in [-0.2, -0.15) is 17.0 Å². The molecule has 34 heavy (non-hydrogen) atoms. The lowest BCUT2D eigenvalue weighted by atomic mass is 10.1. The molecule has 1 heterocycles. The van der Waals surface area contributed by atoms with E-state index in [1.807, 2.05) is 63.2 Å². The molecule has 2 aromatic carbocycles. The van der Waals surface area contributed by atoms with E-state index >= 15 is 0 Å². The minimum atomic E-state index is -3.70. The topological polar surface area (TPSA) is 88.2 Å². The Balaban J connectivity index is 1.54. The van der Waals surface area contributed by atoms with Crippen LogP contribution in [0.3, 0.4) is 0 Å². The van der Waals surface area contributed by atoms with Crippen molar-refractivity contribution in [2.45, 2.75) is 40.2 Å². The molecule has 186 valence electrons. The zero-order valence-electron chi connectivity index (χ0n) is 20.2. The van der Waals surface area contributed by atoms with Gasteiger partial charge in [0.25, 0.3) is 10.2 Å². The largest absolute Gasteiger partial charge is 0.490 e. The highest BCUT2D eigenvalue weighted by Crippen LogP contribution is 2.28. The van der Waals surface area contributed by atoms with Gasteiger partial charge in [-0.15, -0.1) is 0 Å². The van der Waals surface area contributed by atoms with Crippen molar-refractivity contribution in [3.63, 3.8) is 0 Å². The van der Waals surface area contributed by atoms with Crippen molar-refractivity contribution in [1.29, 1.82) is 0 Å². The lowest BCUT2D eigenvalue weighted by molar-refractivity contribution is -0.121. The molecule has 3 rings (SSSR count). The summed E-state index contributed by atoms with van der Waals surface area (Å²) in [5, 5.41) is 2.85. The molecule has 9 heteroatoms. The molecule has 0 bridgehead atoms. The van der Waals surface area contributed by atoms with Crippen LogP contribution in [0.25, 0.3) is 0 Å². The van der Waals surface area contributed by atoms with E-state index in [-0.39, 0.29) is 12.5 Å². The highest BCUT2D eigenvalue weighted by atomic mass is 32.2. The first-order valence-corrected chi connectivity index (χ1v) is 13.2. The predicted octanol–water partition coefficient (Wildman–Crippen LogP) is 2.90. The van der Waals surface area contributed by atoms with Crippen LogP contribution in [0.5, 0.6) is 11.5 Å². The molecule has 2 aromatic rings. The summed E-state index contributed by atoms with van der Waals surface area (Å²) in [6.45, 7) is 8.22. The van der Waals surface area contributed by atoms with Gasteiger partial charge in [-0.1, -0.05) is 30.3 Å². The first-order chi connectivity index (χ1) is 16.3. The summed E-state index contributed by atoms with van der Waals surface area (Å²) in [6, 6.07) is 13.5. The van der Waals surface area contributed by atoms with Gasteiger partial charge in [0.2, 0.25) is 5.91 Å². The van der Waals surface area contributed by atoms with Gasteiger partial charge >= 0.3 is 0 Å². The summed E-state index contributed by atoms with van der Waals surface area (Å²) >= 11 is 0. The summed E-state index contributed by atoms with van der Waals surface area (Å²) < 4.78 is 40.1. The van der Waals surface area contributed by atoms with Crippen molar-refractivity contribution >= 4 is 16.1 Å². The van der Waals surface area contributed by atoms with Gasteiger partial charge < -0.3 is 14.8 Å². The number of carbonyl (C=O) groups excluding carboxylic acids is 1. The Hall–Kier alpha value is -2.62. The Morgan fingerprint density at radius 3 is 2.44 bits per heavy atom. The number of carbonyl (C=O) groups is 1. The molecule has 0 aromatic heterocycles. The second-order valence-corrected chi connectivity index (χ2v) is 10.1. The summed E-state index contributed by atoms with van der Waals surface area (Å²) in [5.74, 6) is 1.07. The quantitative estimate of drug-likeness (QED) is 0.524. The fourth-order valence-electron chi connectivity index (χ4n) is 3.93. The summed E-state index contributed by atoms with van der Waals surface area (Å²) in [6.07, 6.45) is 1.29. The summed E-state index contributed by atoms with van der Waals surface area (Å²) in [5.41, 5.74) is 3.02. The molecule has 0 atom stereocenters. The van der Waals surface area contributed by atoms with Crippen LogP contribution < -0.4 is 14.8 Å². The Bertz CT molecular complexity index is 1070. The van der Waals surface area contributed by atoms with E-state index in [1.165, 1.54) is 8.61 Å². The second kappa shape index (κ2) is 12.2. The summed E-state index contributed by atoms with van der Waals surface area (Å²) in [7, 11) is -3.70. The number of nitrogens with one attached hydrogen (secondary N) is 1. The Kier molecular flexibility index (Phi) is 9.32. The van der Waals surface area contributed by atoms with Crippen molar-refractivity contribution in [3.8, 4) is 11.5 Å². The maximum atomic E-state index is 13.1. The number of amides is 1. The highest BCUT2D eigenvalue weighted by molar-refractivity contribution is 7.86. The third kappa shape index (κ3) is 6.71. The molecular weight excluding hydrogens is 454 g/mol. The molecule has 1 saturated heterocycles. The van der Waals surface area contributed by atoms with E-state index in [2.05, 4.69) is 5.32 Å². The normalized spacial score (nSPS) is 16.2. The van der Waals surface area contributed by atoms with Crippen molar-refractivity contribution in [3.05, 3.63) is 59.2 Å². The molecule has 0 spiro atoms. The van der Waals surface area contributed by atoms with E-state index in [0.29, 0.717) is 63.7 Å². The lowest BCUT2D eigenvalue weighted by Crippen LogP contribution is -2.52. The van der Waals surface area contributed by atoms with Gasteiger partial charge in [0.1, 0.15) is 0 Å². The van der Waals surface area contributed by atoms with Gasteiger partial charge in [-0.25, -0.2) is 0 Å². The minimum Gasteiger partial charge on any atom is -0.490 e. The standard InChI is InChI=1S/C25H35N3O5S/c1-4-32-23-12-11-21(17-24(23)33-5-2)13-14-26-25(29)19-28-16-8-15-27(34(28,30)31)18-22-10-7-6-9-20(22)3/h6-7,9-12,17H,4-5,8,13-16,18-19H2,1-3H3,(H,26,29). The number of nitrogens with zero attached hydrogens (tertiary/aromatic N) is 2. The monoisotopic (exact) mass is 489 g/mol. The molecule has 8 nitrogen and oxygen atoms in total. The summed E-state index contributed by atoms with van der Waals surface area (Å²) in [4.78, 5) is 12.5. The maximum Gasteiger partial charge on any atom is 0.282 e. The Labute approximate surface area is 203 Å². The number of rotatable bonds is 11. The maximum absolute atomic E-state index is 13.1. The SMILES string of the molecule is CCOc1ccc(CCNC(=O)CN2CCCN(Cc3ccccc3C)S2(=O)=O)cc1OCC. The molecule has 1 N–H and O–H groups in total. The van der Waals surface area contributed by atoms with E-state index in [0.717, 1.165) is 16.7 Å². The molecule has 1 aliphatic rings. The molecular formula is C25H35N3O5S. The van der Waals surface area contributed by atoms with Gasteiger partial charge in [-0.05, 0) is 62.4 Å². The molecule has 0 radical (unpaired) electrons. The zero-order chi connectivity index (χ0) is 24.6. The first-order valence-electron chi connectivity index (χ1n) is 11.8. The third-order valence-electron chi connectivity index (χ3n) is 5.74. The number of aryl methyl sites for hydroxylation is 1. The van der Waals surface area contributed by atoms with Gasteiger partial charge in [0.15, 0.2) is 11.5 Å². The first kappa shape index (κ1) is 26.0. The smallest absolute Gasteiger partial charge is 0.282 e. The van der Waals surface area contributed by atoms with Crippen LogP contribution in [-0.2, 0) is 28.0 Å². The number of hydrogen-bond donors (Lipinski definition) is 1. The van der Waals surface area contributed by atoms with Gasteiger partial charge in [0, 0.05) is 26.2 Å². The second-order valence-electron chi connectivity index (χ2n) is 8.20. The number of hydrogen-bond acceptors (Lipinski definition) is 5. The van der Waals surface area contributed by atoms with Crippen molar-refractivity contribution in [2.75, 3.05) is 39.4 Å². The Morgan fingerprint density at radius 2 is 1.71 bits per heavy atom. The van der Waals surface area contributed by atoms with E-state index in [9.17, 15) is 13.2 Å². The van der Waals surface area contributed by atoms with Crippen molar-refractivity contribution in [2.24, 2.45) is 0 Å². The van der Waals surface area contributed by atoms with Gasteiger partial charge in [0.05, 0.1) is 19.8 Å². The average Bonchev–Trinajstić information content (AvgIpc) is 2.80. The van der Waals surface area contributed by atoms with Crippen molar-refractivity contribution in [1.82, 2.24) is 13.9 Å². The fraction of sp³-hybridized carbons (Fsp3) is 0.480. The Morgan fingerprint density at radius 1 is 1.00 bits per heavy atom. The predicted molar refractivity (Wildman–Crippen MR) is 132 cm³/mol. The molecule has 0 saturated carbocycles. The number of ether oxygens (including phenoxy) is 2. The lowest BCUT2D eigenvalue weighted by Gasteiger charge is -2.34. The van der Waals surface area contributed by atoms with Crippen LogP contribution in [0.1, 0.15) is 37.0 Å². The molecule has 0 unspecified atom stereocenters. The van der Waals surface area contributed by atoms with E-state index in [4.69, 9.17) is 9.47 Å². The molecule has 1 amide bonds. The van der Waals surface area contributed by atoms with Crippen LogP contribution in [0, 0.1) is 6.92 Å². The van der Waals surface area contributed by atoms with Crippen molar-refractivity contribution < 1.29 is 22.7 Å². The zero-order valence-corrected chi connectivity index (χ0v) is 21.1. The molecule has 0 aliphatic carbocycles. The molecule has 1 fully saturated rings. The molecule has 1 aliphatic heterocycles.